The van der Waals surface area contributed by atoms with Crippen molar-refractivity contribution in [1.82, 2.24) is 5.32 Å². The van der Waals surface area contributed by atoms with E-state index in [-0.39, 0.29) is 24.6 Å². The summed E-state index contributed by atoms with van der Waals surface area (Å²) in [6, 6.07) is 13.5. The fraction of sp³-hybridized carbons (Fsp3) is 0.300. The number of amides is 2. The van der Waals surface area contributed by atoms with Crippen LogP contribution in [-0.4, -0.2) is 24.6 Å². The van der Waals surface area contributed by atoms with Gasteiger partial charge in [0, 0.05) is 18.7 Å². The highest BCUT2D eigenvalue weighted by Gasteiger charge is 2.38. The number of alkyl halides is 3. The fourth-order valence-electron chi connectivity index (χ4n) is 2.31. The number of carbonyl (C=O) groups is 2. The van der Waals surface area contributed by atoms with Crippen LogP contribution in [0.15, 0.2) is 48.5 Å². The highest BCUT2D eigenvalue weighted by atomic mass is 19.4. The number of aryl methyl sites for hydroxylation is 1. The minimum Gasteiger partial charge on any atom is -0.494 e. The molecule has 0 aliphatic rings. The quantitative estimate of drug-likeness (QED) is 0.666. The van der Waals surface area contributed by atoms with Gasteiger partial charge in [-0.3, -0.25) is 9.59 Å². The van der Waals surface area contributed by atoms with Gasteiger partial charge in [-0.05, 0) is 43.2 Å². The fourth-order valence-corrected chi connectivity index (χ4v) is 2.31. The van der Waals surface area contributed by atoms with Gasteiger partial charge in [-0.2, -0.15) is 13.2 Å². The summed E-state index contributed by atoms with van der Waals surface area (Å²) in [6.07, 6.45) is -4.16. The lowest BCUT2D eigenvalue weighted by Gasteiger charge is -2.10. The molecule has 8 heteroatoms. The predicted molar refractivity (Wildman–Crippen MR) is 98.9 cm³/mol. The third-order valence-electron chi connectivity index (χ3n) is 3.77. The molecule has 0 radical (unpaired) electrons. The third-order valence-corrected chi connectivity index (χ3v) is 3.77. The molecule has 2 amide bonds. The van der Waals surface area contributed by atoms with Crippen molar-refractivity contribution in [3.05, 3.63) is 59.7 Å². The number of hydrogen-bond acceptors (Lipinski definition) is 3. The normalized spacial score (nSPS) is 11.0. The number of carbonyl (C=O) groups excluding carboxylic acids is 2. The molecular formula is C20H21F3N2O3. The molecule has 0 spiro atoms. The molecule has 0 saturated carbocycles. The molecule has 0 aliphatic carbocycles. The van der Waals surface area contributed by atoms with Gasteiger partial charge in [0.1, 0.15) is 5.75 Å². The van der Waals surface area contributed by atoms with Crippen LogP contribution in [0.25, 0.3) is 0 Å². The lowest BCUT2D eigenvalue weighted by molar-refractivity contribution is -0.167. The summed E-state index contributed by atoms with van der Waals surface area (Å²) in [4.78, 5) is 22.8. The molecule has 2 aromatic carbocycles. The molecule has 2 N–H and O–H groups in total. The van der Waals surface area contributed by atoms with Crippen LogP contribution in [0, 0.1) is 6.92 Å². The zero-order chi connectivity index (χ0) is 20.6. The molecule has 0 unspecified atom stereocenters. The molecule has 2 aromatic rings. The second kappa shape index (κ2) is 9.77. The van der Waals surface area contributed by atoms with Crippen LogP contribution < -0.4 is 15.4 Å². The minimum absolute atomic E-state index is 0.0144. The number of hydrogen-bond donors (Lipinski definition) is 2. The third kappa shape index (κ3) is 7.30. The van der Waals surface area contributed by atoms with E-state index in [2.05, 4.69) is 5.32 Å². The monoisotopic (exact) mass is 394 g/mol. The highest BCUT2D eigenvalue weighted by molar-refractivity contribution is 5.94. The Morgan fingerprint density at radius 2 is 1.79 bits per heavy atom. The van der Waals surface area contributed by atoms with Gasteiger partial charge in [0.2, 0.25) is 5.91 Å². The number of benzene rings is 2. The summed E-state index contributed by atoms with van der Waals surface area (Å²) < 4.78 is 42.4. The SMILES string of the molecule is Cc1ccc(OCCCC(=O)NCc2cccc(NC(=O)C(F)(F)F)c2)cc1. The van der Waals surface area contributed by atoms with Crippen molar-refractivity contribution in [1.29, 1.82) is 0 Å². The van der Waals surface area contributed by atoms with E-state index in [1.165, 1.54) is 18.2 Å². The maximum Gasteiger partial charge on any atom is 0.471 e. The van der Waals surface area contributed by atoms with Crippen LogP contribution in [0.2, 0.25) is 0 Å². The number of rotatable bonds is 8. The molecule has 0 heterocycles. The number of halogens is 3. The summed E-state index contributed by atoms with van der Waals surface area (Å²) >= 11 is 0. The summed E-state index contributed by atoms with van der Waals surface area (Å²) in [6.45, 7) is 2.52. The van der Waals surface area contributed by atoms with Gasteiger partial charge in [-0.25, -0.2) is 0 Å². The highest BCUT2D eigenvalue weighted by Crippen LogP contribution is 2.19. The van der Waals surface area contributed by atoms with E-state index in [1.807, 2.05) is 31.2 Å². The molecule has 0 atom stereocenters. The molecule has 5 nitrogen and oxygen atoms in total. The molecule has 150 valence electrons. The molecule has 0 fully saturated rings. The Hall–Kier alpha value is -3.03. The Kier molecular flexibility index (Phi) is 7.43. The number of nitrogens with one attached hydrogen (secondary N) is 2. The van der Waals surface area contributed by atoms with Crippen LogP contribution in [0.1, 0.15) is 24.0 Å². The van der Waals surface area contributed by atoms with Gasteiger partial charge in [-0.1, -0.05) is 29.8 Å². The van der Waals surface area contributed by atoms with Gasteiger partial charge < -0.3 is 15.4 Å². The van der Waals surface area contributed by atoms with Crippen molar-refractivity contribution >= 4 is 17.5 Å². The second-order valence-corrected chi connectivity index (χ2v) is 6.19. The maximum absolute atomic E-state index is 12.3. The average molecular weight is 394 g/mol. The van der Waals surface area contributed by atoms with Gasteiger partial charge >= 0.3 is 12.1 Å². The first-order valence-electron chi connectivity index (χ1n) is 8.67. The number of anilines is 1. The van der Waals surface area contributed by atoms with Crippen LogP contribution in [0.5, 0.6) is 5.75 Å². The summed E-state index contributed by atoms with van der Waals surface area (Å²) in [7, 11) is 0. The number of ether oxygens (including phenoxy) is 1. The first kappa shape index (κ1) is 21.3. The van der Waals surface area contributed by atoms with Gasteiger partial charge in [0.05, 0.1) is 6.61 Å². The molecule has 28 heavy (non-hydrogen) atoms. The Labute approximate surface area is 160 Å². The smallest absolute Gasteiger partial charge is 0.471 e. The largest absolute Gasteiger partial charge is 0.494 e. The van der Waals surface area contributed by atoms with Crippen molar-refractivity contribution in [2.75, 3.05) is 11.9 Å². The van der Waals surface area contributed by atoms with E-state index < -0.39 is 12.1 Å². The summed E-state index contributed by atoms with van der Waals surface area (Å²) in [5.41, 5.74) is 1.72. The summed E-state index contributed by atoms with van der Waals surface area (Å²) in [5.74, 6) is -1.50. The first-order chi connectivity index (χ1) is 13.2. The van der Waals surface area contributed by atoms with Crippen LogP contribution in [-0.2, 0) is 16.1 Å². The summed E-state index contributed by atoms with van der Waals surface area (Å²) in [5, 5.41) is 4.46. The maximum atomic E-state index is 12.3. The molecule has 0 aliphatic heterocycles. The molecule has 0 aromatic heterocycles. The molecule has 0 saturated heterocycles. The van der Waals surface area contributed by atoms with Crippen molar-refractivity contribution in [2.24, 2.45) is 0 Å². The minimum atomic E-state index is -4.95. The van der Waals surface area contributed by atoms with Crippen molar-refractivity contribution < 1.29 is 27.5 Å². The van der Waals surface area contributed by atoms with E-state index >= 15 is 0 Å². The lowest BCUT2D eigenvalue weighted by atomic mass is 10.2. The Morgan fingerprint density at radius 3 is 2.46 bits per heavy atom. The predicted octanol–water partition coefficient (Wildman–Crippen LogP) is 3.97. The molecule has 2 rings (SSSR count). The van der Waals surface area contributed by atoms with Crippen LogP contribution in [0.4, 0.5) is 18.9 Å². The first-order valence-corrected chi connectivity index (χ1v) is 8.67. The van der Waals surface area contributed by atoms with E-state index in [4.69, 9.17) is 4.74 Å². The molecular weight excluding hydrogens is 373 g/mol. The lowest BCUT2D eigenvalue weighted by Crippen LogP contribution is -2.30. The van der Waals surface area contributed by atoms with E-state index in [9.17, 15) is 22.8 Å². The topological polar surface area (TPSA) is 67.4 Å². The zero-order valence-corrected chi connectivity index (χ0v) is 15.3. The van der Waals surface area contributed by atoms with Crippen LogP contribution in [0.3, 0.4) is 0 Å². The van der Waals surface area contributed by atoms with Crippen molar-refractivity contribution in [3.63, 3.8) is 0 Å². The second-order valence-electron chi connectivity index (χ2n) is 6.19. The standard InChI is InChI=1S/C20H21F3N2O3/c1-14-7-9-17(10-8-14)28-11-3-6-18(26)24-13-15-4-2-5-16(12-15)25-19(27)20(21,22)23/h2,4-5,7-10,12H,3,6,11,13H2,1H3,(H,24,26)(H,25,27). The Morgan fingerprint density at radius 1 is 1.07 bits per heavy atom. The Balaban J connectivity index is 1.71. The Bertz CT molecular complexity index is 805. The van der Waals surface area contributed by atoms with E-state index in [0.717, 1.165) is 11.3 Å². The van der Waals surface area contributed by atoms with Crippen molar-refractivity contribution in [3.8, 4) is 5.75 Å². The average Bonchev–Trinajstić information content (AvgIpc) is 2.64. The van der Waals surface area contributed by atoms with E-state index in [1.54, 1.807) is 11.4 Å². The van der Waals surface area contributed by atoms with Gasteiger partial charge in [0.25, 0.3) is 0 Å². The molecule has 0 bridgehead atoms. The van der Waals surface area contributed by atoms with Crippen molar-refractivity contribution in [2.45, 2.75) is 32.5 Å². The van der Waals surface area contributed by atoms with Gasteiger partial charge in [0.15, 0.2) is 0 Å². The zero-order valence-electron chi connectivity index (χ0n) is 15.3. The van der Waals surface area contributed by atoms with Crippen LogP contribution >= 0.6 is 0 Å². The van der Waals surface area contributed by atoms with Gasteiger partial charge in [-0.15, -0.1) is 0 Å². The van der Waals surface area contributed by atoms with E-state index in [0.29, 0.717) is 18.6 Å².